The van der Waals surface area contributed by atoms with Crippen LogP contribution in [0.1, 0.15) is 25.0 Å². The van der Waals surface area contributed by atoms with Crippen LogP contribution in [0.5, 0.6) is 0 Å². The first-order valence-corrected chi connectivity index (χ1v) is 6.36. The van der Waals surface area contributed by atoms with Crippen molar-refractivity contribution in [3.8, 4) is 0 Å². The molecule has 0 radical (unpaired) electrons. The molecule has 0 bridgehead atoms. The summed E-state index contributed by atoms with van der Waals surface area (Å²) in [4.78, 5) is 27.9. The van der Waals surface area contributed by atoms with E-state index in [1.54, 1.807) is 0 Å². The third kappa shape index (κ3) is 3.12. The van der Waals surface area contributed by atoms with Crippen molar-refractivity contribution in [2.75, 3.05) is 13.1 Å². The number of aromatic amines is 1. The summed E-state index contributed by atoms with van der Waals surface area (Å²) in [7, 11) is 0. The van der Waals surface area contributed by atoms with Crippen molar-refractivity contribution < 1.29 is 9.59 Å². The molecule has 1 aromatic heterocycles. The minimum absolute atomic E-state index is 0.0579. The summed E-state index contributed by atoms with van der Waals surface area (Å²) in [5.41, 5.74) is 6.34. The van der Waals surface area contributed by atoms with E-state index in [1.165, 1.54) is 0 Å². The Morgan fingerprint density at radius 3 is 2.67 bits per heavy atom. The summed E-state index contributed by atoms with van der Waals surface area (Å²) in [5.74, 6) is -0.140. The van der Waals surface area contributed by atoms with Gasteiger partial charge in [0.2, 0.25) is 11.8 Å². The van der Waals surface area contributed by atoms with Crippen molar-refractivity contribution in [2.45, 2.75) is 25.7 Å². The molecule has 5 heteroatoms. The maximum atomic E-state index is 12.0. The SMILES string of the molecule is NC(=O)C1CCN(C(=O)CCc2ccc[nH]2)CC1. The van der Waals surface area contributed by atoms with Crippen LogP contribution in [0.25, 0.3) is 0 Å². The summed E-state index contributed by atoms with van der Waals surface area (Å²) in [5, 5.41) is 0. The molecule has 2 heterocycles. The Morgan fingerprint density at radius 1 is 1.39 bits per heavy atom. The van der Waals surface area contributed by atoms with Crippen LogP contribution >= 0.6 is 0 Å². The van der Waals surface area contributed by atoms with Crippen molar-refractivity contribution in [3.63, 3.8) is 0 Å². The predicted octanol–water partition coefficient (Wildman–Crippen LogP) is 0.671. The topological polar surface area (TPSA) is 79.2 Å². The summed E-state index contributed by atoms with van der Waals surface area (Å²) < 4.78 is 0. The molecule has 2 rings (SSSR count). The highest BCUT2D eigenvalue weighted by atomic mass is 16.2. The number of nitrogens with two attached hydrogens (primary N) is 1. The minimum atomic E-state index is -0.242. The van der Waals surface area contributed by atoms with E-state index in [2.05, 4.69) is 4.98 Å². The third-order valence-corrected chi connectivity index (χ3v) is 3.52. The smallest absolute Gasteiger partial charge is 0.222 e. The normalized spacial score (nSPS) is 16.8. The van der Waals surface area contributed by atoms with E-state index in [0.717, 1.165) is 12.1 Å². The van der Waals surface area contributed by atoms with Crippen molar-refractivity contribution in [1.82, 2.24) is 9.88 Å². The summed E-state index contributed by atoms with van der Waals surface area (Å²) in [6.07, 6.45) is 4.51. The predicted molar refractivity (Wildman–Crippen MR) is 67.6 cm³/mol. The molecule has 0 spiro atoms. The lowest BCUT2D eigenvalue weighted by Gasteiger charge is -2.30. The standard InChI is InChI=1S/C13H19N3O2/c14-13(18)10-5-8-16(9-6-10)12(17)4-3-11-2-1-7-15-11/h1-2,7,10,15H,3-6,8-9H2,(H2,14,18). The number of H-pyrrole nitrogens is 1. The third-order valence-electron chi connectivity index (χ3n) is 3.52. The van der Waals surface area contributed by atoms with E-state index in [1.807, 2.05) is 23.2 Å². The molecule has 0 aliphatic carbocycles. The average Bonchev–Trinajstić information content (AvgIpc) is 2.89. The van der Waals surface area contributed by atoms with Crippen LogP contribution in [-0.2, 0) is 16.0 Å². The molecule has 98 valence electrons. The van der Waals surface area contributed by atoms with Crippen molar-refractivity contribution in [3.05, 3.63) is 24.0 Å². The maximum absolute atomic E-state index is 12.0. The van der Waals surface area contributed by atoms with Crippen LogP contribution in [0.4, 0.5) is 0 Å². The van der Waals surface area contributed by atoms with Gasteiger partial charge in [-0.1, -0.05) is 0 Å². The number of nitrogens with zero attached hydrogens (tertiary/aromatic N) is 1. The Kier molecular flexibility index (Phi) is 4.02. The molecule has 3 N–H and O–H groups in total. The molecule has 1 fully saturated rings. The Bertz CT molecular complexity index is 406. The lowest BCUT2D eigenvalue weighted by Crippen LogP contribution is -2.41. The van der Waals surface area contributed by atoms with Crippen LogP contribution in [-0.4, -0.2) is 34.8 Å². The van der Waals surface area contributed by atoms with Gasteiger partial charge in [0.25, 0.3) is 0 Å². The van der Waals surface area contributed by atoms with Gasteiger partial charge >= 0.3 is 0 Å². The van der Waals surface area contributed by atoms with Crippen LogP contribution in [0.15, 0.2) is 18.3 Å². The maximum Gasteiger partial charge on any atom is 0.222 e. The molecule has 5 nitrogen and oxygen atoms in total. The molecule has 1 aliphatic heterocycles. The number of likely N-dealkylation sites (tertiary alicyclic amines) is 1. The number of primary amides is 1. The Morgan fingerprint density at radius 2 is 2.11 bits per heavy atom. The second-order valence-electron chi connectivity index (χ2n) is 4.75. The van der Waals surface area contributed by atoms with Crippen LogP contribution in [0, 0.1) is 5.92 Å². The highest BCUT2D eigenvalue weighted by molar-refractivity contribution is 5.78. The van der Waals surface area contributed by atoms with Gasteiger partial charge in [-0.25, -0.2) is 0 Å². The number of piperidine rings is 1. The van der Waals surface area contributed by atoms with Gasteiger partial charge in [-0.15, -0.1) is 0 Å². The van der Waals surface area contributed by atoms with Crippen molar-refractivity contribution >= 4 is 11.8 Å². The average molecular weight is 249 g/mol. The Balaban J connectivity index is 1.75. The molecular formula is C13H19N3O2. The molecule has 0 saturated carbocycles. The number of carbonyl (C=O) groups is 2. The lowest BCUT2D eigenvalue weighted by atomic mass is 9.96. The first-order valence-electron chi connectivity index (χ1n) is 6.36. The molecule has 1 aliphatic rings. The van der Waals surface area contributed by atoms with Crippen LogP contribution < -0.4 is 5.73 Å². The lowest BCUT2D eigenvalue weighted by molar-refractivity contribution is -0.134. The quantitative estimate of drug-likeness (QED) is 0.822. The molecule has 0 atom stereocenters. The van der Waals surface area contributed by atoms with E-state index >= 15 is 0 Å². The first-order chi connectivity index (χ1) is 8.66. The number of aromatic nitrogens is 1. The van der Waals surface area contributed by atoms with Gasteiger partial charge in [0.15, 0.2) is 0 Å². The van der Waals surface area contributed by atoms with Gasteiger partial charge in [-0.3, -0.25) is 9.59 Å². The molecule has 0 aromatic carbocycles. The van der Waals surface area contributed by atoms with Gasteiger partial charge < -0.3 is 15.6 Å². The fraction of sp³-hybridized carbons (Fsp3) is 0.538. The second-order valence-corrected chi connectivity index (χ2v) is 4.75. The number of nitrogens with one attached hydrogen (secondary N) is 1. The minimum Gasteiger partial charge on any atom is -0.369 e. The van der Waals surface area contributed by atoms with E-state index in [9.17, 15) is 9.59 Å². The van der Waals surface area contributed by atoms with Gasteiger partial charge in [0, 0.05) is 37.3 Å². The van der Waals surface area contributed by atoms with E-state index in [4.69, 9.17) is 5.73 Å². The molecule has 1 aromatic rings. The van der Waals surface area contributed by atoms with Gasteiger partial charge in [0.05, 0.1) is 0 Å². The fourth-order valence-electron chi connectivity index (χ4n) is 2.34. The highest BCUT2D eigenvalue weighted by Crippen LogP contribution is 2.17. The summed E-state index contributed by atoms with van der Waals surface area (Å²) >= 11 is 0. The second kappa shape index (κ2) is 5.71. The highest BCUT2D eigenvalue weighted by Gasteiger charge is 2.25. The zero-order valence-corrected chi connectivity index (χ0v) is 10.4. The molecular weight excluding hydrogens is 230 g/mol. The zero-order valence-electron chi connectivity index (χ0n) is 10.4. The fourth-order valence-corrected chi connectivity index (χ4v) is 2.34. The van der Waals surface area contributed by atoms with E-state index < -0.39 is 0 Å². The van der Waals surface area contributed by atoms with Crippen molar-refractivity contribution in [1.29, 1.82) is 0 Å². The number of hydrogen-bond donors (Lipinski definition) is 2. The van der Waals surface area contributed by atoms with Crippen LogP contribution in [0.3, 0.4) is 0 Å². The largest absolute Gasteiger partial charge is 0.369 e. The van der Waals surface area contributed by atoms with E-state index in [-0.39, 0.29) is 17.7 Å². The van der Waals surface area contributed by atoms with Gasteiger partial charge in [-0.2, -0.15) is 0 Å². The van der Waals surface area contributed by atoms with E-state index in [0.29, 0.717) is 32.4 Å². The Hall–Kier alpha value is -1.78. The molecule has 18 heavy (non-hydrogen) atoms. The number of carbonyl (C=O) groups excluding carboxylic acids is 2. The van der Waals surface area contributed by atoms with Gasteiger partial charge in [-0.05, 0) is 31.4 Å². The Labute approximate surface area is 106 Å². The zero-order chi connectivity index (χ0) is 13.0. The monoisotopic (exact) mass is 249 g/mol. The number of hydrogen-bond acceptors (Lipinski definition) is 2. The molecule has 0 unspecified atom stereocenters. The number of aryl methyl sites for hydroxylation is 1. The number of rotatable bonds is 4. The molecule has 1 saturated heterocycles. The first kappa shape index (κ1) is 12.7. The van der Waals surface area contributed by atoms with Crippen LogP contribution in [0.2, 0.25) is 0 Å². The molecule has 2 amide bonds. The number of amides is 2. The summed E-state index contributed by atoms with van der Waals surface area (Å²) in [6, 6.07) is 3.91. The summed E-state index contributed by atoms with van der Waals surface area (Å²) in [6.45, 7) is 1.30. The van der Waals surface area contributed by atoms with Crippen molar-refractivity contribution in [2.24, 2.45) is 11.7 Å². The van der Waals surface area contributed by atoms with Gasteiger partial charge in [0.1, 0.15) is 0 Å².